The van der Waals surface area contributed by atoms with Crippen molar-refractivity contribution in [2.24, 2.45) is 11.1 Å². The van der Waals surface area contributed by atoms with Gasteiger partial charge in [-0.2, -0.15) is 0 Å². The van der Waals surface area contributed by atoms with Crippen LogP contribution in [0.5, 0.6) is 0 Å². The molecule has 2 heteroatoms. The fourth-order valence-corrected chi connectivity index (χ4v) is 2.22. The minimum atomic E-state index is 0.464. The summed E-state index contributed by atoms with van der Waals surface area (Å²) in [5.74, 6) is 0. The van der Waals surface area contributed by atoms with E-state index in [-0.39, 0.29) is 0 Å². The van der Waals surface area contributed by atoms with Crippen LogP contribution in [-0.2, 0) is 6.42 Å². The molecule has 0 amide bonds. The summed E-state index contributed by atoms with van der Waals surface area (Å²) in [6.45, 7) is 3.14. The molecule has 1 aromatic carbocycles. The molecule has 2 N–H and O–H groups in total. The molecule has 0 aromatic heterocycles. The molecule has 2 rings (SSSR count). The van der Waals surface area contributed by atoms with Crippen LogP contribution >= 0.6 is 0 Å². The molecule has 0 aliphatic heterocycles. The van der Waals surface area contributed by atoms with E-state index >= 15 is 0 Å². The Bertz CT molecular complexity index is 317. The molecule has 1 fully saturated rings. The van der Waals surface area contributed by atoms with E-state index in [1.807, 2.05) is 0 Å². The molecule has 0 bridgehead atoms. The molecule has 88 valence electrons. The van der Waals surface area contributed by atoms with Gasteiger partial charge in [0, 0.05) is 13.1 Å². The molecule has 2 nitrogen and oxygen atoms in total. The lowest BCUT2D eigenvalue weighted by molar-refractivity contribution is 0.269. The van der Waals surface area contributed by atoms with Gasteiger partial charge in [-0.1, -0.05) is 30.3 Å². The minimum Gasteiger partial charge on any atom is -0.330 e. The van der Waals surface area contributed by atoms with Crippen LogP contribution < -0.4 is 5.73 Å². The van der Waals surface area contributed by atoms with Gasteiger partial charge in [-0.25, -0.2) is 0 Å². The Balaban J connectivity index is 1.74. The van der Waals surface area contributed by atoms with Gasteiger partial charge in [0.1, 0.15) is 0 Å². The van der Waals surface area contributed by atoms with Crippen molar-refractivity contribution >= 4 is 0 Å². The molecule has 16 heavy (non-hydrogen) atoms. The van der Waals surface area contributed by atoms with Crippen LogP contribution in [0.3, 0.4) is 0 Å². The lowest BCUT2D eigenvalue weighted by atomic mass is 10.1. The second-order valence-electron chi connectivity index (χ2n) is 5.18. The monoisotopic (exact) mass is 218 g/mol. The van der Waals surface area contributed by atoms with Crippen molar-refractivity contribution in [3.05, 3.63) is 35.9 Å². The van der Waals surface area contributed by atoms with E-state index in [1.54, 1.807) is 0 Å². The van der Waals surface area contributed by atoms with E-state index in [9.17, 15) is 0 Å². The van der Waals surface area contributed by atoms with Crippen molar-refractivity contribution in [2.45, 2.75) is 19.3 Å². The van der Waals surface area contributed by atoms with Gasteiger partial charge < -0.3 is 10.6 Å². The first-order valence-corrected chi connectivity index (χ1v) is 6.17. The molecule has 1 saturated carbocycles. The summed E-state index contributed by atoms with van der Waals surface area (Å²) >= 11 is 0. The van der Waals surface area contributed by atoms with Gasteiger partial charge in [0.25, 0.3) is 0 Å². The number of likely N-dealkylation sites (N-methyl/N-ethyl adjacent to an activating group) is 1. The van der Waals surface area contributed by atoms with Gasteiger partial charge in [0.15, 0.2) is 0 Å². The molecular weight excluding hydrogens is 196 g/mol. The highest BCUT2D eigenvalue weighted by atomic mass is 15.1. The lowest BCUT2D eigenvalue weighted by Crippen LogP contribution is -2.32. The van der Waals surface area contributed by atoms with Crippen molar-refractivity contribution in [3.8, 4) is 0 Å². The van der Waals surface area contributed by atoms with E-state index in [4.69, 9.17) is 5.73 Å². The quantitative estimate of drug-likeness (QED) is 0.790. The van der Waals surface area contributed by atoms with Crippen molar-refractivity contribution in [1.82, 2.24) is 4.90 Å². The smallest absolute Gasteiger partial charge is 0.00471 e. The predicted octanol–water partition coefficient (Wildman–Crippen LogP) is 1.90. The van der Waals surface area contributed by atoms with E-state index in [1.165, 1.54) is 18.4 Å². The highest BCUT2D eigenvalue weighted by Crippen LogP contribution is 2.44. The normalized spacial score (nSPS) is 17.7. The zero-order valence-corrected chi connectivity index (χ0v) is 10.2. The zero-order chi connectivity index (χ0) is 11.4. The van der Waals surface area contributed by atoms with Crippen LogP contribution in [-0.4, -0.2) is 31.6 Å². The maximum atomic E-state index is 5.80. The number of benzene rings is 1. The highest BCUT2D eigenvalue weighted by molar-refractivity contribution is 5.14. The number of hydrogen-bond acceptors (Lipinski definition) is 2. The van der Waals surface area contributed by atoms with Crippen LogP contribution in [0, 0.1) is 5.41 Å². The van der Waals surface area contributed by atoms with Crippen LogP contribution in [0.25, 0.3) is 0 Å². The zero-order valence-electron chi connectivity index (χ0n) is 10.2. The Morgan fingerprint density at radius 3 is 2.50 bits per heavy atom. The second kappa shape index (κ2) is 4.98. The average Bonchev–Trinajstić information content (AvgIpc) is 3.08. The first-order chi connectivity index (χ1) is 7.74. The van der Waals surface area contributed by atoms with Gasteiger partial charge >= 0.3 is 0 Å². The van der Waals surface area contributed by atoms with Crippen LogP contribution in [0.1, 0.15) is 18.4 Å². The molecule has 0 spiro atoms. The van der Waals surface area contributed by atoms with E-state index in [2.05, 4.69) is 42.3 Å². The molecule has 0 unspecified atom stereocenters. The Labute approximate surface area is 98.4 Å². The van der Waals surface area contributed by atoms with Gasteiger partial charge in [-0.05, 0) is 43.8 Å². The summed E-state index contributed by atoms with van der Waals surface area (Å²) in [5, 5.41) is 0. The van der Waals surface area contributed by atoms with Crippen molar-refractivity contribution in [1.29, 1.82) is 0 Å². The van der Waals surface area contributed by atoms with Crippen molar-refractivity contribution in [2.75, 3.05) is 26.7 Å². The molecular formula is C14H22N2. The van der Waals surface area contributed by atoms with Crippen molar-refractivity contribution in [3.63, 3.8) is 0 Å². The topological polar surface area (TPSA) is 29.3 Å². The summed E-state index contributed by atoms with van der Waals surface area (Å²) in [4.78, 5) is 2.42. The number of nitrogens with zero attached hydrogens (tertiary/aromatic N) is 1. The summed E-state index contributed by atoms with van der Waals surface area (Å²) in [6, 6.07) is 10.7. The number of hydrogen-bond donors (Lipinski definition) is 1. The van der Waals surface area contributed by atoms with E-state index < -0.39 is 0 Å². The maximum Gasteiger partial charge on any atom is 0.00471 e. The highest BCUT2D eigenvalue weighted by Gasteiger charge is 2.41. The minimum absolute atomic E-state index is 0.464. The fraction of sp³-hybridized carbons (Fsp3) is 0.571. The molecule has 1 aliphatic rings. The Morgan fingerprint density at radius 1 is 1.25 bits per heavy atom. The maximum absolute atomic E-state index is 5.80. The standard InChI is InChI=1S/C14H22N2/c1-16(12-14(11-15)8-9-14)10-7-13-5-3-2-4-6-13/h2-6H,7-12,15H2,1H3. The summed E-state index contributed by atoms with van der Waals surface area (Å²) < 4.78 is 0. The Hall–Kier alpha value is -0.860. The predicted molar refractivity (Wildman–Crippen MR) is 68.4 cm³/mol. The van der Waals surface area contributed by atoms with E-state index in [0.29, 0.717) is 5.41 Å². The average molecular weight is 218 g/mol. The van der Waals surface area contributed by atoms with Crippen LogP contribution in [0.4, 0.5) is 0 Å². The third kappa shape index (κ3) is 3.06. The molecule has 1 aromatic rings. The molecule has 1 aliphatic carbocycles. The molecule has 0 saturated heterocycles. The third-order valence-electron chi connectivity index (χ3n) is 3.62. The van der Waals surface area contributed by atoms with Gasteiger partial charge in [-0.3, -0.25) is 0 Å². The molecule has 0 heterocycles. The summed E-state index contributed by atoms with van der Waals surface area (Å²) in [6.07, 6.45) is 3.77. The Kier molecular flexibility index (Phi) is 3.62. The van der Waals surface area contributed by atoms with E-state index in [0.717, 1.165) is 26.1 Å². The Morgan fingerprint density at radius 2 is 1.94 bits per heavy atom. The SMILES string of the molecule is CN(CCc1ccccc1)CC1(CN)CC1. The third-order valence-corrected chi connectivity index (χ3v) is 3.62. The van der Waals surface area contributed by atoms with Crippen LogP contribution in [0.2, 0.25) is 0 Å². The van der Waals surface area contributed by atoms with Gasteiger partial charge in [0.2, 0.25) is 0 Å². The van der Waals surface area contributed by atoms with Crippen molar-refractivity contribution < 1.29 is 0 Å². The summed E-state index contributed by atoms with van der Waals surface area (Å²) in [5.41, 5.74) is 7.68. The number of nitrogens with two attached hydrogens (primary N) is 1. The lowest BCUT2D eigenvalue weighted by Gasteiger charge is -2.22. The number of rotatable bonds is 6. The van der Waals surface area contributed by atoms with Gasteiger partial charge in [0.05, 0.1) is 0 Å². The first-order valence-electron chi connectivity index (χ1n) is 6.17. The fourth-order valence-electron chi connectivity index (χ4n) is 2.22. The largest absolute Gasteiger partial charge is 0.330 e. The molecule has 0 atom stereocenters. The van der Waals surface area contributed by atoms with Crippen LogP contribution in [0.15, 0.2) is 30.3 Å². The summed E-state index contributed by atoms with van der Waals surface area (Å²) in [7, 11) is 2.21. The second-order valence-corrected chi connectivity index (χ2v) is 5.18. The molecule has 0 radical (unpaired) electrons. The first kappa shape index (κ1) is 11.6. The van der Waals surface area contributed by atoms with Gasteiger partial charge in [-0.15, -0.1) is 0 Å².